The van der Waals surface area contributed by atoms with Crippen LogP contribution in [0.1, 0.15) is 37.2 Å². The summed E-state index contributed by atoms with van der Waals surface area (Å²) in [6.45, 7) is 3.57. The summed E-state index contributed by atoms with van der Waals surface area (Å²) < 4.78 is 0. The Balaban J connectivity index is 2.10. The van der Waals surface area contributed by atoms with Gasteiger partial charge in [0.15, 0.2) is 0 Å². The number of aliphatic carboxylic acids is 1. The van der Waals surface area contributed by atoms with Crippen LogP contribution in [0.3, 0.4) is 0 Å². The summed E-state index contributed by atoms with van der Waals surface area (Å²) >= 11 is 7.47. The van der Waals surface area contributed by atoms with E-state index >= 15 is 0 Å². The highest BCUT2D eigenvalue weighted by Gasteiger charge is 2.23. The molecule has 0 aliphatic heterocycles. The van der Waals surface area contributed by atoms with Gasteiger partial charge in [0.2, 0.25) is 0 Å². The Morgan fingerprint density at radius 1 is 1.35 bits per heavy atom. The van der Waals surface area contributed by atoms with Gasteiger partial charge < -0.3 is 10.4 Å². The van der Waals surface area contributed by atoms with Gasteiger partial charge in [-0.1, -0.05) is 29.8 Å². The summed E-state index contributed by atoms with van der Waals surface area (Å²) in [4.78, 5) is 27.3. The average Bonchev–Trinajstić information content (AvgIpc) is 2.95. The summed E-state index contributed by atoms with van der Waals surface area (Å²) in [5.41, 5.74) is 0.459. The van der Waals surface area contributed by atoms with E-state index in [0.717, 1.165) is 5.56 Å². The maximum Gasteiger partial charge on any atom is 0.303 e. The van der Waals surface area contributed by atoms with E-state index in [1.807, 2.05) is 18.2 Å². The molecule has 122 valence electrons. The Kier molecular flexibility index (Phi) is 5.38. The molecule has 0 atom stereocenters. The van der Waals surface area contributed by atoms with E-state index in [1.165, 1.54) is 11.3 Å². The van der Waals surface area contributed by atoms with E-state index in [-0.39, 0.29) is 12.3 Å². The molecule has 0 aliphatic rings. The van der Waals surface area contributed by atoms with Crippen LogP contribution in [-0.4, -0.2) is 27.5 Å². The molecule has 0 fully saturated rings. The van der Waals surface area contributed by atoms with Crippen molar-refractivity contribution in [2.75, 3.05) is 0 Å². The lowest BCUT2D eigenvalue weighted by Crippen LogP contribution is -2.43. The first-order valence-corrected chi connectivity index (χ1v) is 8.29. The lowest BCUT2D eigenvalue weighted by molar-refractivity contribution is -0.137. The largest absolute Gasteiger partial charge is 0.481 e. The smallest absolute Gasteiger partial charge is 0.303 e. The molecule has 7 heteroatoms. The number of aromatic nitrogens is 1. The number of amides is 1. The van der Waals surface area contributed by atoms with Gasteiger partial charge in [0, 0.05) is 22.9 Å². The van der Waals surface area contributed by atoms with E-state index in [1.54, 1.807) is 25.3 Å². The number of benzene rings is 1. The van der Waals surface area contributed by atoms with Gasteiger partial charge in [-0.05, 0) is 26.3 Å². The highest BCUT2D eigenvalue weighted by atomic mass is 35.5. The number of halogens is 1. The van der Waals surface area contributed by atoms with Crippen molar-refractivity contribution >= 4 is 34.8 Å². The molecule has 0 unspecified atom stereocenters. The summed E-state index contributed by atoms with van der Waals surface area (Å²) in [6.07, 6.45) is 0.338. The standard InChI is InChI=1S/C16H17ClN2O3S/c1-16(2,8-7-13(20)21)19-14(22)12-9-23-15(18-12)10-5-3-4-6-11(10)17/h3-6,9H,7-8H2,1-2H3,(H,19,22)(H,20,21). The maximum atomic E-state index is 12.3. The van der Waals surface area contributed by atoms with E-state index in [9.17, 15) is 9.59 Å². The van der Waals surface area contributed by atoms with Gasteiger partial charge in [0.25, 0.3) is 5.91 Å². The van der Waals surface area contributed by atoms with E-state index in [2.05, 4.69) is 10.3 Å². The highest BCUT2D eigenvalue weighted by molar-refractivity contribution is 7.13. The second-order valence-corrected chi connectivity index (χ2v) is 7.01. The first-order valence-electron chi connectivity index (χ1n) is 7.03. The Labute approximate surface area is 143 Å². The fraction of sp³-hybridized carbons (Fsp3) is 0.312. The molecule has 0 saturated carbocycles. The highest BCUT2D eigenvalue weighted by Crippen LogP contribution is 2.30. The lowest BCUT2D eigenvalue weighted by Gasteiger charge is -2.25. The van der Waals surface area contributed by atoms with E-state index < -0.39 is 11.5 Å². The second kappa shape index (κ2) is 7.10. The number of hydrogen-bond acceptors (Lipinski definition) is 4. The Morgan fingerprint density at radius 2 is 2.04 bits per heavy atom. The van der Waals surface area contributed by atoms with E-state index in [0.29, 0.717) is 22.1 Å². The second-order valence-electron chi connectivity index (χ2n) is 5.75. The molecule has 1 amide bonds. The van der Waals surface area contributed by atoms with Crippen LogP contribution in [0.4, 0.5) is 0 Å². The van der Waals surface area contributed by atoms with Crippen LogP contribution in [0, 0.1) is 0 Å². The average molecular weight is 353 g/mol. The van der Waals surface area contributed by atoms with Crippen molar-refractivity contribution in [3.05, 3.63) is 40.4 Å². The quantitative estimate of drug-likeness (QED) is 0.827. The number of nitrogens with zero attached hydrogens (tertiary/aromatic N) is 1. The lowest BCUT2D eigenvalue weighted by atomic mass is 9.98. The van der Waals surface area contributed by atoms with Crippen molar-refractivity contribution in [1.82, 2.24) is 10.3 Å². The van der Waals surface area contributed by atoms with Crippen LogP contribution in [0.2, 0.25) is 5.02 Å². The third-order valence-electron chi connectivity index (χ3n) is 3.26. The van der Waals surface area contributed by atoms with Crippen molar-refractivity contribution in [1.29, 1.82) is 0 Å². The first-order chi connectivity index (χ1) is 10.8. The van der Waals surface area contributed by atoms with Crippen molar-refractivity contribution < 1.29 is 14.7 Å². The summed E-state index contributed by atoms with van der Waals surface area (Å²) in [5, 5.41) is 14.5. The number of thiazole rings is 1. The summed E-state index contributed by atoms with van der Waals surface area (Å²) in [5.74, 6) is -1.21. The Morgan fingerprint density at radius 3 is 2.70 bits per heavy atom. The number of carbonyl (C=O) groups excluding carboxylic acids is 1. The van der Waals surface area contributed by atoms with Gasteiger partial charge in [-0.3, -0.25) is 9.59 Å². The number of carboxylic acids is 1. The van der Waals surface area contributed by atoms with Crippen LogP contribution in [0.25, 0.3) is 10.6 Å². The molecule has 2 aromatic rings. The maximum absolute atomic E-state index is 12.3. The molecule has 0 saturated heterocycles. The van der Waals surface area contributed by atoms with Crippen LogP contribution >= 0.6 is 22.9 Å². The van der Waals surface area contributed by atoms with Crippen LogP contribution in [0.15, 0.2) is 29.6 Å². The molecule has 0 spiro atoms. The fourth-order valence-corrected chi connectivity index (χ4v) is 3.11. The minimum absolute atomic E-state index is 0.00474. The molecule has 0 bridgehead atoms. The predicted molar refractivity (Wildman–Crippen MR) is 91.0 cm³/mol. The van der Waals surface area contributed by atoms with Gasteiger partial charge in [-0.2, -0.15) is 0 Å². The number of hydrogen-bond donors (Lipinski definition) is 2. The van der Waals surface area contributed by atoms with Gasteiger partial charge in [-0.15, -0.1) is 11.3 Å². The van der Waals surface area contributed by atoms with Crippen molar-refractivity contribution in [3.8, 4) is 10.6 Å². The monoisotopic (exact) mass is 352 g/mol. The molecule has 1 aromatic carbocycles. The number of rotatable bonds is 6. The molecule has 0 radical (unpaired) electrons. The minimum atomic E-state index is -0.887. The summed E-state index contributed by atoms with van der Waals surface area (Å²) in [7, 11) is 0. The number of nitrogens with one attached hydrogen (secondary N) is 1. The van der Waals surface area contributed by atoms with Crippen LogP contribution in [0.5, 0.6) is 0 Å². The van der Waals surface area contributed by atoms with E-state index in [4.69, 9.17) is 16.7 Å². The molecule has 23 heavy (non-hydrogen) atoms. The van der Waals surface area contributed by atoms with Crippen molar-refractivity contribution in [2.24, 2.45) is 0 Å². The number of carbonyl (C=O) groups is 2. The molecule has 1 heterocycles. The zero-order chi connectivity index (χ0) is 17.0. The Bertz CT molecular complexity index is 728. The minimum Gasteiger partial charge on any atom is -0.481 e. The topological polar surface area (TPSA) is 79.3 Å². The van der Waals surface area contributed by atoms with Gasteiger partial charge in [0.1, 0.15) is 10.7 Å². The SMILES string of the molecule is CC(C)(CCC(=O)O)NC(=O)c1csc(-c2ccccc2Cl)n1. The normalized spacial score (nSPS) is 11.3. The van der Waals surface area contributed by atoms with Gasteiger partial charge >= 0.3 is 5.97 Å². The third-order valence-corrected chi connectivity index (χ3v) is 4.46. The zero-order valence-electron chi connectivity index (χ0n) is 12.8. The van der Waals surface area contributed by atoms with Crippen molar-refractivity contribution in [2.45, 2.75) is 32.2 Å². The molecular weight excluding hydrogens is 336 g/mol. The third kappa shape index (κ3) is 4.77. The molecule has 2 N–H and O–H groups in total. The number of carboxylic acid groups (broad SMARTS) is 1. The van der Waals surface area contributed by atoms with Gasteiger partial charge in [0.05, 0.1) is 5.02 Å². The fourth-order valence-electron chi connectivity index (χ4n) is 1.99. The summed E-state index contributed by atoms with van der Waals surface area (Å²) in [6, 6.07) is 7.31. The van der Waals surface area contributed by atoms with Crippen LogP contribution < -0.4 is 5.32 Å². The molecule has 0 aliphatic carbocycles. The molecule has 2 rings (SSSR count). The zero-order valence-corrected chi connectivity index (χ0v) is 14.4. The van der Waals surface area contributed by atoms with Crippen LogP contribution in [-0.2, 0) is 4.79 Å². The molecule has 1 aromatic heterocycles. The predicted octanol–water partition coefficient (Wildman–Crippen LogP) is 3.84. The molecule has 5 nitrogen and oxygen atoms in total. The Hall–Kier alpha value is -1.92. The molecular formula is C16H17ClN2O3S. The first kappa shape index (κ1) is 17.4. The van der Waals surface area contributed by atoms with Crippen molar-refractivity contribution in [3.63, 3.8) is 0 Å². The van der Waals surface area contributed by atoms with Gasteiger partial charge in [-0.25, -0.2) is 4.98 Å².